The normalized spacial score (nSPS) is 12.2. The van der Waals surface area contributed by atoms with Crippen LogP contribution in [0.15, 0.2) is 24.3 Å². The van der Waals surface area contributed by atoms with Crippen LogP contribution in [0.25, 0.3) is 0 Å². The summed E-state index contributed by atoms with van der Waals surface area (Å²) in [5.74, 6) is -0.114. The largest absolute Gasteiger partial charge is 0.384 e. The minimum Gasteiger partial charge on any atom is -0.384 e. The Morgan fingerprint density at radius 3 is 2.32 bits per heavy atom. The highest BCUT2D eigenvalue weighted by atomic mass is 32.2. The van der Waals surface area contributed by atoms with Crippen molar-refractivity contribution in [3.63, 3.8) is 0 Å². The van der Waals surface area contributed by atoms with Crippen molar-refractivity contribution in [2.24, 2.45) is 11.1 Å². The van der Waals surface area contributed by atoms with Crippen molar-refractivity contribution in [3.8, 4) is 0 Å². The average molecular weight is 283 g/mol. The predicted molar refractivity (Wildman–Crippen MR) is 79.1 cm³/mol. The van der Waals surface area contributed by atoms with E-state index in [1.54, 1.807) is 24.3 Å². The molecule has 3 N–H and O–H groups in total. The van der Waals surface area contributed by atoms with Crippen molar-refractivity contribution in [2.75, 3.05) is 17.1 Å². The maximum absolute atomic E-state index is 12.3. The zero-order valence-electron chi connectivity index (χ0n) is 11.8. The molecule has 0 radical (unpaired) electrons. The van der Waals surface area contributed by atoms with E-state index < -0.39 is 10.0 Å². The monoisotopic (exact) mass is 283 g/mol. The quantitative estimate of drug-likeness (QED) is 0.652. The molecule has 0 bridgehead atoms. The SMILES string of the molecule is CN(c1ccccc1C(=N)N)S(=O)(=O)CC(C)(C)C. The minimum atomic E-state index is -3.45. The van der Waals surface area contributed by atoms with Crippen molar-refractivity contribution in [2.45, 2.75) is 20.8 Å². The first-order chi connectivity index (χ1) is 8.54. The van der Waals surface area contributed by atoms with Crippen LogP contribution >= 0.6 is 0 Å². The molecule has 0 saturated carbocycles. The first-order valence-electron chi connectivity index (χ1n) is 5.94. The summed E-state index contributed by atoms with van der Waals surface area (Å²) in [6.45, 7) is 5.61. The number of nitrogens with zero attached hydrogens (tertiary/aromatic N) is 1. The third-order valence-corrected chi connectivity index (χ3v) is 4.83. The van der Waals surface area contributed by atoms with Gasteiger partial charge in [0.2, 0.25) is 10.0 Å². The Labute approximate surface area is 115 Å². The molecule has 0 spiro atoms. The molecule has 0 fully saturated rings. The molecule has 0 amide bonds. The molecule has 0 aliphatic heterocycles. The maximum atomic E-state index is 12.3. The van der Waals surface area contributed by atoms with Crippen molar-refractivity contribution in [3.05, 3.63) is 29.8 Å². The summed E-state index contributed by atoms with van der Waals surface area (Å²) in [5, 5.41) is 7.51. The Hall–Kier alpha value is -1.56. The van der Waals surface area contributed by atoms with Crippen molar-refractivity contribution in [1.29, 1.82) is 5.41 Å². The van der Waals surface area contributed by atoms with Gasteiger partial charge in [0, 0.05) is 12.6 Å². The smallest absolute Gasteiger partial charge is 0.235 e. The van der Waals surface area contributed by atoms with Gasteiger partial charge in [0.1, 0.15) is 5.84 Å². The fourth-order valence-electron chi connectivity index (χ4n) is 1.77. The van der Waals surface area contributed by atoms with Gasteiger partial charge in [0.25, 0.3) is 0 Å². The number of anilines is 1. The third kappa shape index (κ3) is 3.96. The van der Waals surface area contributed by atoms with Crippen LogP contribution in [0.4, 0.5) is 5.69 Å². The molecule has 0 unspecified atom stereocenters. The van der Waals surface area contributed by atoms with Gasteiger partial charge in [-0.1, -0.05) is 32.9 Å². The van der Waals surface area contributed by atoms with Gasteiger partial charge in [-0.25, -0.2) is 8.42 Å². The third-order valence-electron chi connectivity index (χ3n) is 2.57. The molecule has 0 aromatic heterocycles. The lowest BCUT2D eigenvalue weighted by atomic mass is 10.0. The molecule has 1 aromatic carbocycles. The Bertz CT molecular complexity index is 574. The fraction of sp³-hybridized carbons (Fsp3) is 0.462. The van der Waals surface area contributed by atoms with E-state index in [0.29, 0.717) is 11.3 Å². The zero-order valence-corrected chi connectivity index (χ0v) is 12.6. The number of hydrogen-bond acceptors (Lipinski definition) is 3. The topological polar surface area (TPSA) is 87.2 Å². The van der Waals surface area contributed by atoms with Gasteiger partial charge in [-0.05, 0) is 17.5 Å². The molecule has 0 atom stereocenters. The van der Waals surface area contributed by atoms with E-state index in [4.69, 9.17) is 11.1 Å². The number of nitrogens with two attached hydrogens (primary N) is 1. The summed E-state index contributed by atoms with van der Waals surface area (Å²) in [6.07, 6.45) is 0. The van der Waals surface area contributed by atoms with Crippen LogP contribution in [0.5, 0.6) is 0 Å². The zero-order chi connectivity index (χ0) is 14.8. The molecule has 1 aromatic rings. The fourth-order valence-corrected chi connectivity index (χ4v) is 3.52. The van der Waals surface area contributed by atoms with E-state index in [2.05, 4.69) is 0 Å². The number of amidine groups is 1. The lowest BCUT2D eigenvalue weighted by molar-refractivity contribution is 0.461. The standard InChI is InChI=1S/C13H21N3O2S/c1-13(2,3)9-19(17,18)16(4)11-8-6-5-7-10(11)12(14)15/h5-8H,9H2,1-4H3,(H3,14,15). The Morgan fingerprint density at radius 2 is 1.84 bits per heavy atom. The predicted octanol–water partition coefficient (Wildman–Crippen LogP) is 1.78. The van der Waals surface area contributed by atoms with Gasteiger partial charge in [-0.2, -0.15) is 0 Å². The highest BCUT2D eigenvalue weighted by Crippen LogP contribution is 2.25. The van der Waals surface area contributed by atoms with E-state index in [-0.39, 0.29) is 17.0 Å². The van der Waals surface area contributed by atoms with Crippen LogP contribution in [0, 0.1) is 10.8 Å². The molecule has 0 aliphatic carbocycles. The van der Waals surface area contributed by atoms with Crippen LogP contribution in [-0.2, 0) is 10.0 Å². The van der Waals surface area contributed by atoms with E-state index >= 15 is 0 Å². The van der Waals surface area contributed by atoms with E-state index in [1.807, 2.05) is 20.8 Å². The van der Waals surface area contributed by atoms with E-state index in [0.717, 1.165) is 0 Å². The van der Waals surface area contributed by atoms with E-state index in [9.17, 15) is 8.42 Å². The Balaban J connectivity index is 3.21. The number of para-hydroxylation sites is 1. The summed E-state index contributed by atoms with van der Waals surface area (Å²) in [6, 6.07) is 6.74. The molecule has 106 valence electrons. The summed E-state index contributed by atoms with van der Waals surface area (Å²) in [4.78, 5) is 0. The van der Waals surface area contributed by atoms with Crippen molar-refractivity contribution >= 4 is 21.5 Å². The number of benzene rings is 1. The first-order valence-corrected chi connectivity index (χ1v) is 7.55. The van der Waals surface area contributed by atoms with Crippen LogP contribution < -0.4 is 10.0 Å². The van der Waals surface area contributed by atoms with Crippen LogP contribution in [0.2, 0.25) is 0 Å². The number of nitrogens with one attached hydrogen (secondary N) is 1. The number of rotatable bonds is 4. The van der Waals surface area contributed by atoms with Crippen molar-refractivity contribution in [1.82, 2.24) is 0 Å². The van der Waals surface area contributed by atoms with Crippen molar-refractivity contribution < 1.29 is 8.42 Å². The lowest BCUT2D eigenvalue weighted by Gasteiger charge is -2.26. The summed E-state index contributed by atoms with van der Waals surface area (Å²) >= 11 is 0. The molecule has 5 nitrogen and oxygen atoms in total. The molecule has 0 aliphatic rings. The van der Waals surface area contributed by atoms with Crippen LogP contribution in [0.1, 0.15) is 26.3 Å². The van der Waals surface area contributed by atoms with Gasteiger partial charge >= 0.3 is 0 Å². The molecular formula is C13H21N3O2S. The summed E-state index contributed by atoms with van der Waals surface area (Å²) in [7, 11) is -1.96. The van der Waals surface area contributed by atoms with E-state index in [1.165, 1.54) is 11.4 Å². The second-order valence-corrected chi connectivity index (χ2v) is 7.72. The summed E-state index contributed by atoms with van der Waals surface area (Å²) < 4.78 is 25.9. The highest BCUT2D eigenvalue weighted by molar-refractivity contribution is 7.92. The molecular weight excluding hydrogens is 262 g/mol. The number of sulfonamides is 1. The Kier molecular flexibility index (Phi) is 4.25. The number of hydrogen-bond donors (Lipinski definition) is 2. The second kappa shape index (κ2) is 5.21. The van der Waals surface area contributed by atoms with Gasteiger partial charge in [-0.15, -0.1) is 0 Å². The van der Waals surface area contributed by atoms with Gasteiger partial charge in [0.15, 0.2) is 0 Å². The van der Waals surface area contributed by atoms with Gasteiger partial charge in [-0.3, -0.25) is 9.71 Å². The number of nitrogen functional groups attached to an aromatic ring is 1. The molecule has 0 saturated heterocycles. The Morgan fingerprint density at radius 1 is 1.32 bits per heavy atom. The average Bonchev–Trinajstić information content (AvgIpc) is 2.24. The molecule has 19 heavy (non-hydrogen) atoms. The first kappa shape index (κ1) is 15.5. The summed E-state index contributed by atoms with van der Waals surface area (Å²) in [5.41, 5.74) is 6.00. The molecule has 6 heteroatoms. The maximum Gasteiger partial charge on any atom is 0.235 e. The van der Waals surface area contributed by atoms with Gasteiger partial charge < -0.3 is 5.73 Å². The second-order valence-electron chi connectivity index (χ2n) is 5.72. The lowest BCUT2D eigenvalue weighted by Crippen LogP contribution is -2.35. The molecule has 1 rings (SSSR count). The highest BCUT2D eigenvalue weighted by Gasteiger charge is 2.27. The molecule has 0 heterocycles. The minimum absolute atomic E-state index is 0.0305. The van der Waals surface area contributed by atoms with Crippen LogP contribution in [-0.4, -0.2) is 27.1 Å². The van der Waals surface area contributed by atoms with Crippen LogP contribution in [0.3, 0.4) is 0 Å². The van der Waals surface area contributed by atoms with Gasteiger partial charge in [0.05, 0.1) is 11.4 Å².